The van der Waals surface area contributed by atoms with Crippen LogP contribution in [0.1, 0.15) is 19.3 Å². The first kappa shape index (κ1) is 20.1. The Balaban J connectivity index is 1.39. The van der Waals surface area contributed by atoms with Gasteiger partial charge in [0.05, 0.1) is 0 Å². The number of carbonyl (C=O) groups excluding carboxylic acids is 1. The SMILES string of the molecule is CN1CCC(Oc2ccc(NC(=O)CCSc3ccc(Cl)cc3)cc2)CC1. The van der Waals surface area contributed by atoms with Crippen molar-refractivity contribution in [1.29, 1.82) is 0 Å². The van der Waals surface area contributed by atoms with Crippen LogP contribution < -0.4 is 10.1 Å². The molecule has 0 bridgehead atoms. The topological polar surface area (TPSA) is 41.6 Å². The molecule has 1 saturated heterocycles. The maximum absolute atomic E-state index is 12.1. The summed E-state index contributed by atoms with van der Waals surface area (Å²) in [5, 5.41) is 3.66. The number of carbonyl (C=O) groups is 1. The average Bonchev–Trinajstić information content (AvgIpc) is 2.67. The van der Waals surface area contributed by atoms with Crippen molar-refractivity contribution in [3.63, 3.8) is 0 Å². The molecule has 3 rings (SSSR count). The molecule has 0 spiro atoms. The van der Waals surface area contributed by atoms with Crippen LogP contribution in [0.25, 0.3) is 0 Å². The number of amides is 1. The largest absolute Gasteiger partial charge is 0.490 e. The first-order valence-electron chi connectivity index (χ1n) is 9.22. The van der Waals surface area contributed by atoms with Crippen LogP contribution in [0.3, 0.4) is 0 Å². The maximum atomic E-state index is 12.1. The lowest BCUT2D eigenvalue weighted by Gasteiger charge is -2.29. The molecule has 2 aromatic rings. The Hall–Kier alpha value is -1.69. The average molecular weight is 405 g/mol. The summed E-state index contributed by atoms with van der Waals surface area (Å²) < 4.78 is 6.03. The second-order valence-corrected chi connectivity index (χ2v) is 8.35. The molecule has 0 unspecified atom stereocenters. The molecular weight excluding hydrogens is 380 g/mol. The molecule has 0 saturated carbocycles. The molecule has 1 fully saturated rings. The van der Waals surface area contributed by atoms with Crippen LogP contribution in [-0.2, 0) is 4.79 Å². The van der Waals surface area contributed by atoms with Gasteiger partial charge in [0.25, 0.3) is 0 Å². The van der Waals surface area contributed by atoms with Gasteiger partial charge in [0.1, 0.15) is 11.9 Å². The second kappa shape index (κ2) is 10.0. The Labute approximate surface area is 170 Å². The highest BCUT2D eigenvalue weighted by Crippen LogP contribution is 2.22. The van der Waals surface area contributed by atoms with Gasteiger partial charge in [0.15, 0.2) is 0 Å². The van der Waals surface area contributed by atoms with E-state index in [0.717, 1.165) is 53.0 Å². The molecule has 1 amide bonds. The first-order valence-corrected chi connectivity index (χ1v) is 10.6. The molecule has 2 aromatic carbocycles. The van der Waals surface area contributed by atoms with Gasteiger partial charge in [0.2, 0.25) is 5.91 Å². The van der Waals surface area contributed by atoms with E-state index in [-0.39, 0.29) is 12.0 Å². The lowest BCUT2D eigenvalue weighted by atomic mass is 10.1. The zero-order valence-corrected chi connectivity index (χ0v) is 17.1. The van der Waals surface area contributed by atoms with E-state index < -0.39 is 0 Å². The molecule has 4 nitrogen and oxygen atoms in total. The number of hydrogen-bond donors (Lipinski definition) is 1. The smallest absolute Gasteiger partial charge is 0.225 e. The van der Waals surface area contributed by atoms with Crippen molar-refractivity contribution in [1.82, 2.24) is 4.90 Å². The van der Waals surface area contributed by atoms with Crippen LogP contribution in [0, 0.1) is 0 Å². The van der Waals surface area contributed by atoms with Gasteiger partial charge < -0.3 is 15.0 Å². The summed E-state index contributed by atoms with van der Waals surface area (Å²) >= 11 is 7.52. The van der Waals surface area contributed by atoms with Gasteiger partial charge >= 0.3 is 0 Å². The van der Waals surface area contributed by atoms with Crippen LogP contribution in [0.2, 0.25) is 5.02 Å². The van der Waals surface area contributed by atoms with Gasteiger partial charge in [-0.3, -0.25) is 4.79 Å². The van der Waals surface area contributed by atoms with Gasteiger partial charge in [-0.25, -0.2) is 0 Å². The summed E-state index contributed by atoms with van der Waals surface area (Å²) in [6, 6.07) is 15.3. The highest BCUT2D eigenvalue weighted by Gasteiger charge is 2.17. The number of likely N-dealkylation sites (tertiary alicyclic amines) is 1. The summed E-state index contributed by atoms with van der Waals surface area (Å²) in [7, 11) is 2.14. The van der Waals surface area contributed by atoms with Crippen molar-refractivity contribution in [3.05, 3.63) is 53.6 Å². The van der Waals surface area contributed by atoms with E-state index in [1.165, 1.54) is 0 Å². The van der Waals surface area contributed by atoms with Crippen LogP contribution >= 0.6 is 23.4 Å². The number of halogens is 1. The first-order chi connectivity index (χ1) is 13.1. The minimum absolute atomic E-state index is 0.0143. The summed E-state index contributed by atoms with van der Waals surface area (Å²) in [6.07, 6.45) is 2.85. The maximum Gasteiger partial charge on any atom is 0.225 e. The number of benzene rings is 2. The van der Waals surface area contributed by atoms with E-state index in [1.807, 2.05) is 48.5 Å². The Bertz CT molecular complexity index is 729. The Kier molecular flexibility index (Phi) is 7.44. The standard InChI is InChI=1S/C21H25ClN2O2S/c1-24-13-10-19(11-14-24)26-18-6-4-17(5-7-18)23-21(25)12-15-27-20-8-2-16(22)3-9-20/h2-9,19H,10-15H2,1H3,(H,23,25). The summed E-state index contributed by atoms with van der Waals surface area (Å²) in [6.45, 7) is 2.15. The minimum Gasteiger partial charge on any atom is -0.490 e. The third kappa shape index (κ3) is 6.76. The number of anilines is 1. The van der Waals surface area contributed by atoms with E-state index >= 15 is 0 Å². The second-order valence-electron chi connectivity index (χ2n) is 6.75. The lowest BCUT2D eigenvalue weighted by Crippen LogP contribution is -2.35. The van der Waals surface area contributed by atoms with Gasteiger partial charge in [-0.05, 0) is 68.4 Å². The van der Waals surface area contributed by atoms with E-state index in [1.54, 1.807) is 11.8 Å². The molecule has 0 atom stereocenters. The molecule has 1 heterocycles. The monoisotopic (exact) mass is 404 g/mol. The predicted octanol–water partition coefficient (Wildman–Crippen LogP) is 4.93. The van der Waals surface area contributed by atoms with Gasteiger partial charge in [0, 0.05) is 40.9 Å². The molecule has 1 aliphatic rings. The van der Waals surface area contributed by atoms with E-state index in [0.29, 0.717) is 6.42 Å². The fraction of sp³-hybridized carbons (Fsp3) is 0.381. The third-order valence-electron chi connectivity index (χ3n) is 4.52. The van der Waals surface area contributed by atoms with E-state index in [4.69, 9.17) is 16.3 Å². The Morgan fingerprint density at radius 1 is 1.15 bits per heavy atom. The minimum atomic E-state index is 0.0143. The van der Waals surface area contributed by atoms with Gasteiger partial charge in [-0.1, -0.05) is 11.6 Å². The van der Waals surface area contributed by atoms with E-state index in [2.05, 4.69) is 17.3 Å². The zero-order valence-electron chi connectivity index (χ0n) is 15.5. The fourth-order valence-corrected chi connectivity index (χ4v) is 3.91. The van der Waals surface area contributed by atoms with Gasteiger partial charge in [-0.15, -0.1) is 11.8 Å². The summed E-state index contributed by atoms with van der Waals surface area (Å²) in [5.74, 6) is 1.60. The van der Waals surface area contributed by atoms with Crippen molar-refractivity contribution in [3.8, 4) is 5.75 Å². The molecule has 0 aromatic heterocycles. The van der Waals surface area contributed by atoms with Crippen LogP contribution in [0.4, 0.5) is 5.69 Å². The zero-order chi connectivity index (χ0) is 19.1. The third-order valence-corrected chi connectivity index (χ3v) is 5.78. The normalized spacial score (nSPS) is 15.5. The molecule has 1 N–H and O–H groups in total. The number of thioether (sulfide) groups is 1. The van der Waals surface area contributed by atoms with Crippen LogP contribution in [0.15, 0.2) is 53.4 Å². The molecule has 1 aliphatic heterocycles. The highest BCUT2D eigenvalue weighted by atomic mass is 35.5. The Morgan fingerprint density at radius 2 is 1.81 bits per heavy atom. The number of ether oxygens (including phenoxy) is 1. The summed E-state index contributed by atoms with van der Waals surface area (Å²) in [4.78, 5) is 15.5. The van der Waals surface area contributed by atoms with Crippen LogP contribution in [0.5, 0.6) is 5.75 Å². The number of rotatable bonds is 7. The predicted molar refractivity (Wildman–Crippen MR) is 113 cm³/mol. The van der Waals surface area contributed by atoms with Crippen molar-refractivity contribution in [2.45, 2.75) is 30.3 Å². The number of nitrogens with zero attached hydrogens (tertiary/aromatic N) is 1. The quantitative estimate of drug-likeness (QED) is 0.664. The van der Waals surface area contributed by atoms with Crippen molar-refractivity contribution in [2.75, 3.05) is 31.2 Å². The number of piperidine rings is 1. The molecule has 144 valence electrons. The highest BCUT2D eigenvalue weighted by molar-refractivity contribution is 7.99. The molecular formula is C21H25ClN2O2S. The fourth-order valence-electron chi connectivity index (χ4n) is 2.93. The van der Waals surface area contributed by atoms with E-state index in [9.17, 15) is 4.79 Å². The summed E-state index contributed by atoms with van der Waals surface area (Å²) in [5.41, 5.74) is 0.798. The van der Waals surface area contributed by atoms with Gasteiger partial charge in [-0.2, -0.15) is 0 Å². The van der Waals surface area contributed by atoms with Crippen LogP contribution in [-0.4, -0.2) is 42.8 Å². The van der Waals surface area contributed by atoms with Crippen molar-refractivity contribution < 1.29 is 9.53 Å². The Morgan fingerprint density at radius 3 is 2.48 bits per heavy atom. The molecule has 27 heavy (non-hydrogen) atoms. The molecule has 0 aliphatic carbocycles. The molecule has 6 heteroatoms. The number of hydrogen-bond acceptors (Lipinski definition) is 4. The van der Waals surface area contributed by atoms with Crippen molar-refractivity contribution in [2.24, 2.45) is 0 Å². The lowest BCUT2D eigenvalue weighted by molar-refractivity contribution is -0.115. The molecule has 0 radical (unpaired) electrons. The number of nitrogens with one attached hydrogen (secondary N) is 1. The van der Waals surface area contributed by atoms with Crippen molar-refractivity contribution >= 4 is 35.0 Å².